The molecule has 1 aliphatic heterocycles. The zero-order valence-corrected chi connectivity index (χ0v) is 17.5. The first-order chi connectivity index (χ1) is 13.9. The predicted octanol–water partition coefficient (Wildman–Crippen LogP) is 6.26. The van der Waals surface area contributed by atoms with Crippen LogP contribution in [0.25, 0.3) is 0 Å². The molecule has 7 rings (SSSR count). The molecule has 4 saturated carbocycles. The van der Waals surface area contributed by atoms with Crippen molar-refractivity contribution >= 4 is 40.7 Å². The minimum atomic E-state index is -0.328. The molecule has 0 atom stereocenters. The largest absolute Gasteiger partial charge is 0.268 e. The van der Waals surface area contributed by atoms with Gasteiger partial charge in [0.1, 0.15) is 0 Å². The number of carbonyl (C=O) groups excluding carboxylic acids is 2. The van der Waals surface area contributed by atoms with Crippen LogP contribution < -0.4 is 4.90 Å². The molecule has 0 radical (unpaired) electrons. The third kappa shape index (κ3) is 2.56. The molecule has 5 aliphatic rings. The maximum Gasteiger partial charge on any atom is 0.266 e. The standard InChI is InChI=1S/C24H21Cl2NO2/c25-17-2-4-20(26)21(9-17)27-22(28)18-3-1-16(8-19(18)23(27)29)24-10-13-5-14(11-24)7-15(6-13)12-24/h1-4,8-9,13-15H,5-7,10-12H2. The topological polar surface area (TPSA) is 37.4 Å². The molecule has 0 saturated heterocycles. The van der Waals surface area contributed by atoms with Crippen LogP contribution in [0.2, 0.25) is 10.0 Å². The maximum atomic E-state index is 13.3. The van der Waals surface area contributed by atoms with E-state index in [0.717, 1.165) is 17.8 Å². The average Bonchev–Trinajstić information content (AvgIpc) is 2.93. The molecule has 2 aromatic carbocycles. The predicted molar refractivity (Wildman–Crippen MR) is 114 cm³/mol. The Kier molecular flexibility index (Phi) is 3.77. The summed E-state index contributed by atoms with van der Waals surface area (Å²) in [6.45, 7) is 0. The van der Waals surface area contributed by atoms with Crippen LogP contribution in [0.15, 0.2) is 36.4 Å². The molecule has 2 amide bonds. The molecule has 2 aromatic rings. The summed E-state index contributed by atoms with van der Waals surface area (Å²) in [7, 11) is 0. The van der Waals surface area contributed by atoms with Gasteiger partial charge in [-0.25, -0.2) is 4.90 Å². The van der Waals surface area contributed by atoms with E-state index in [1.807, 2.05) is 12.1 Å². The molecule has 1 heterocycles. The minimum Gasteiger partial charge on any atom is -0.268 e. The molecule has 0 unspecified atom stereocenters. The van der Waals surface area contributed by atoms with Gasteiger partial charge in [0.15, 0.2) is 0 Å². The Bertz CT molecular complexity index is 1040. The molecule has 5 heteroatoms. The lowest BCUT2D eigenvalue weighted by Crippen LogP contribution is -2.48. The second kappa shape index (κ2) is 6.09. The van der Waals surface area contributed by atoms with E-state index >= 15 is 0 Å². The number of fused-ring (bicyclic) bond motifs is 1. The van der Waals surface area contributed by atoms with Crippen molar-refractivity contribution in [1.29, 1.82) is 0 Å². The Morgan fingerprint density at radius 2 is 1.41 bits per heavy atom. The van der Waals surface area contributed by atoms with E-state index < -0.39 is 0 Å². The van der Waals surface area contributed by atoms with Crippen LogP contribution in [-0.2, 0) is 5.41 Å². The first kappa shape index (κ1) is 18.0. The highest BCUT2D eigenvalue weighted by atomic mass is 35.5. The van der Waals surface area contributed by atoms with Crippen molar-refractivity contribution in [3.05, 3.63) is 63.1 Å². The summed E-state index contributed by atoms with van der Waals surface area (Å²) in [5.41, 5.74) is 2.74. The third-order valence-corrected chi connectivity index (χ3v) is 8.24. The monoisotopic (exact) mass is 425 g/mol. The lowest BCUT2D eigenvalue weighted by molar-refractivity contribution is -0.00520. The summed E-state index contributed by atoms with van der Waals surface area (Å²) in [5.74, 6) is 1.85. The number of amides is 2. The highest BCUT2D eigenvalue weighted by molar-refractivity contribution is 6.40. The van der Waals surface area contributed by atoms with Crippen molar-refractivity contribution in [3.63, 3.8) is 0 Å². The first-order valence-corrected chi connectivity index (χ1v) is 11.2. The molecule has 4 aliphatic carbocycles. The Balaban J connectivity index is 1.41. The van der Waals surface area contributed by atoms with E-state index in [0.29, 0.717) is 26.9 Å². The van der Waals surface area contributed by atoms with Crippen LogP contribution in [0.3, 0.4) is 0 Å². The van der Waals surface area contributed by atoms with Crippen LogP contribution in [0, 0.1) is 17.8 Å². The van der Waals surface area contributed by atoms with Crippen molar-refractivity contribution in [2.45, 2.75) is 43.9 Å². The fourth-order valence-corrected chi connectivity index (χ4v) is 7.28. The summed E-state index contributed by atoms with van der Waals surface area (Å²) >= 11 is 12.4. The number of anilines is 1. The molecular formula is C24H21Cl2NO2. The summed E-state index contributed by atoms with van der Waals surface area (Å²) in [6.07, 6.45) is 7.81. The highest BCUT2D eigenvalue weighted by Gasteiger charge is 2.52. The molecule has 0 N–H and O–H groups in total. The van der Waals surface area contributed by atoms with Gasteiger partial charge in [-0.1, -0.05) is 29.3 Å². The van der Waals surface area contributed by atoms with E-state index in [4.69, 9.17) is 23.2 Å². The summed E-state index contributed by atoms with van der Waals surface area (Å²) in [4.78, 5) is 27.5. The zero-order valence-electron chi connectivity index (χ0n) is 16.0. The second-order valence-corrected chi connectivity index (χ2v) is 10.3. The van der Waals surface area contributed by atoms with Crippen molar-refractivity contribution in [3.8, 4) is 0 Å². The van der Waals surface area contributed by atoms with Crippen molar-refractivity contribution in [2.24, 2.45) is 17.8 Å². The summed E-state index contributed by atoms with van der Waals surface area (Å²) in [5, 5.41) is 0.778. The highest BCUT2D eigenvalue weighted by Crippen LogP contribution is 2.60. The van der Waals surface area contributed by atoms with Gasteiger partial charge in [-0.05, 0) is 97.6 Å². The molecule has 148 valence electrons. The van der Waals surface area contributed by atoms with Crippen molar-refractivity contribution in [1.82, 2.24) is 0 Å². The number of imide groups is 1. The molecule has 3 nitrogen and oxygen atoms in total. The van der Waals surface area contributed by atoms with E-state index in [-0.39, 0.29) is 17.2 Å². The quantitative estimate of drug-likeness (QED) is 0.532. The first-order valence-electron chi connectivity index (χ1n) is 10.4. The average molecular weight is 426 g/mol. The van der Waals surface area contributed by atoms with E-state index in [1.165, 1.54) is 49.0 Å². The molecule has 4 bridgehead atoms. The van der Waals surface area contributed by atoms with Gasteiger partial charge in [0.25, 0.3) is 11.8 Å². The van der Waals surface area contributed by atoms with Gasteiger partial charge < -0.3 is 0 Å². The number of nitrogens with zero attached hydrogens (tertiary/aromatic N) is 1. The van der Waals surface area contributed by atoms with Crippen LogP contribution in [0.1, 0.15) is 64.8 Å². The lowest BCUT2D eigenvalue weighted by atomic mass is 9.48. The Morgan fingerprint density at radius 1 is 0.793 bits per heavy atom. The number of hydrogen-bond acceptors (Lipinski definition) is 2. The Hall–Kier alpha value is -1.84. The van der Waals surface area contributed by atoms with Crippen LogP contribution in [0.4, 0.5) is 5.69 Å². The smallest absolute Gasteiger partial charge is 0.266 e. The minimum absolute atomic E-state index is 0.189. The molecular weight excluding hydrogens is 405 g/mol. The van der Waals surface area contributed by atoms with Gasteiger partial charge in [0.2, 0.25) is 0 Å². The molecule has 0 aromatic heterocycles. The van der Waals surface area contributed by atoms with Gasteiger partial charge >= 0.3 is 0 Å². The lowest BCUT2D eigenvalue weighted by Gasteiger charge is -2.57. The van der Waals surface area contributed by atoms with Gasteiger partial charge in [0, 0.05) is 5.02 Å². The Morgan fingerprint density at radius 3 is 2.07 bits per heavy atom. The van der Waals surface area contributed by atoms with Crippen LogP contribution in [0.5, 0.6) is 0 Å². The number of halogens is 2. The normalized spacial score (nSPS) is 32.2. The van der Waals surface area contributed by atoms with Gasteiger partial charge in [-0.3, -0.25) is 9.59 Å². The van der Waals surface area contributed by atoms with Gasteiger partial charge in [0.05, 0.1) is 21.8 Å². The summed E-state index contributed by atoms with van der Waals surface area (Å²) in [6, 6.07) is 10.8. The van der Waals surface area contributed by atoms with E-state index in [1.54, 1.807) is 18.2 Å². The SMILES string of the molecule is O=C1c2ccc(C34CC5CC(CC(C5)C3)C4)cc2C(=O)N1c1cc(Cl)ccc1Cl. The number of benzene rings is 2. The fourth-order valence-electron chi connectivity index (χ4n) is 6.91. The van der Waals surface area contributed by atoms with Gasteiger partial charge in [-0.2, -0.15) is 0 Å². The Labute approximate surface area is 180 Å². The maximum absolute atomic E-state index is 13.3. The van der Waals surface area contributed by atoms with Gasteiger partial charge in [-0.15, -0.1) is 0 Å². The van der Waals surface area contributed by atoms with E-state index in [2.05, 4.69) is 6.07 Å². The summed E-state index contributed by atoms with van der Waals surface area (Å²) < 4.78 is 0. The van der Waals surface area contributed by atoms with Crippen molar-refractivity contribution < 1.29 is 9.59 Å². The molecule has 4 fully saturated rings. The van der Waals surface area contributed by atoms with Crippen LogP contribution in [-0.4, -0.2) is 11.8 Å². The molecule has 0 spiro atoms. The zero-order chi connectivity index (χ0) is 19.9. The second-order valence-electron chi connectivity index (χ2n) is 9.50. The number of carbonyl (C=O) groups is 2. The third-order valence-electron chi connectivity index (χ3n) is 7.69. The van der Waals surface area contributed by atoms with Crippen LogP contribution >= 0.6 is 23.2 Å². The molecule has 29 heavy (non-hydrogen) atoms. The van der Waals surface area contributed by atoms with Crippen molar-refractivity contribution in [2.75, 3.05) is 4.90 Å². The van der Waals surface area contributed by atoms with E-state index in [9.17, 15) is 9.59 Å². The number of rotatable bonds is 2. The number of hydrogen-bond donors (Lipinski definition) is 0. The fraction of sp³-hybridized carbons (Fsp3) is 0.417.